The number of hydrogen-bond acceptors (Lipinski definition) is 0. The van der Waals surface area contributed by atoms with Crippen molar-refractivity contribution in [1.29, 1.82) is 0 Å². The maximum absolute atomic E-state index is 2.31. The van der Waals surface area contributed by atoms with E-state index in [-0.39, 0.29) is 0 Å². The summed E-state index contributed by atoms with van der Waals surface area (Å²) in [5.41, 5.74) is 0. The van der Waals surface area contributed by atoms with E-state index in [2.05, 4.69) is 13.8 Å². The van der Waals surface area contributed by atoms with Crippen LogP contribution in [0.5, 0.6) is 0 Å². The van der Waals surface area contributed by atoms with Crippen molar-refractivity contribution in [3.05, 3.63) is 0 Å². The first-order valence-electron chi connectivity index (χ1n) is 9.86. The number of unbranched alkanes of at least 4 members (excludes halogenated alkanes) is 8. The summed E-state index contributed by atoms with van der Waals surface area (Å²) in [6.45, 7) is 4.62. The van der Waals surface area contributed by atoms with Crippen molar-refractivity contribution >= 4 is 0 Å². The van der Waals surface area contributed by atoms with E-state index in [9.17, 15) is 0 Å². The minimum absolute atomic E-state index is 1.09. The second-order valence-corrected chi connectivity index (χ2v) is 7.30. The highest BCUT2D eigenvalue weighted by molar-refractivity contribution is 4.73. The van der Waals surface area contributed by atoms with Gasteiger partial charge in [-0.25, -0.2) is 0 Å². The maximum Gasteiger partial charge on any atom is -0.0412 e. The lowest BCUT2D eigenvalue weighted by Gasteiger charge is -2.29. The van der Waals surface area contributed by atoms with Crippen LogP contribution in [0.15, 0.2) is 0 Å². The molecule has 1 fully saturated rings. The Morgan fingerprint density at radius 2 is 1.05 bits per heavy atom. The molecule has 20 heavy (non-hydrogen) atoms. The predicted octanol–water partition coefficient (Wildman–Crippen LogP) is 7.51. The highest BCUT2D eigenvalue weighted by Crippen LogP contribution is 2.35. The van der Waals surface area contributed by atoms with Crippen molar-refractivity contribution in [2.45, 2.75) is 117 Å². The molecule has 1 rings (SSSR count). The minimum Gasteiger partial charge on any atom is -0.0654 e. The Hall–Kier alpha value is 0. The zero-order valence-electron chi connectivity index (χ0n) is 14.5. The summed E-state index contributed by atoms with van der Waals surface area (Å²) in [4.78, 5) is 0. The van der Waals surface area contributed by atoms with E-state index in [4.69, 9.17) is 0 Å². The lowest BCUT2D eigenvalue weighted by atomic mass is 9.77. The monoisotopic (exact) mass is 280 g/mol. The molecule has 0 aromatic rings. The number of rotatable bonds is 12. The van der Waals surface area contributed by atoms with Crippen molar-refractivity contribution in [2.75, 3.05) is 0 Å². The second kappa shape index (κ2) is 12.7. The number of hydrogen-bond donors (Lipinski definition) is 0. The van der Waals surface area contributed by atoms with Crippen LogP contribution in [0.3, 0.4) is 0 Å². The van der Waals surface area contributed by atoms with Gasteiger partial charge in [-0.1, -0.05) is 110 Å². The van der Waals surface area contributed by atoms with E-state index < -0.39 is 0 Å². The van der Waals surface area contributed by atoms with E-state index in [0.717, 1.165) is 11.8 Å². The van der Waals surface area contributed by atoms with Crippen LogP contribution in [-0.4, -0.2) is 0 Å². The predicted molar refractivity (Wildman–Crippen MR) is 92.2 cm³/mol. The van der Waals surface area contributed by atoms with Crippen molar-refractivity contribution in [3.8, 4) is 0 Å². The lowest BCUT2D eigenvalue weighted by Crippen LogP contribution is -2.15. The summed E-state index contributed by atoms with van der Waals surface area (Å²) >= 11 is 0. The molecule has 0 nitrogen and oxygen atoms in total. The Morgan fingerprint density at radius 3 is 1.50 bits per heavy atom. The van der Waals surface area contributed by atoms with Gasteiger partial charge in [0, 0.05) is 0 Å². The zero-order valence-corrected chi connectivity index (χ0v) is 14.5. The highest BCUT2D eigenvalue weighted by Gasteiger charge is 2.21. The summed E-state index contributed by atoms with van der Waals surface area (Å²) in [6, 6.07) is 0. The van der Waals surface area contributed by atoms with Gasteiger partial charge >= 0.3 is 0 Å². The Morgan fingerprint density at radius 1 is 0.600 bits per heavy atom. The first-order valence-corrected chi connectivity index (χ1v) is 9.86. The van der Waals surface area contributed by atoms with E-state index >= 15 is 0 Å². The van der Waals surface area contributed by atoms with Gasteiger partial charge in [-0.3, -0.25) is 0 Å². The molecule has 0 radical (unpaired) electrons. The Kier molecular flexibility index (Phi) is 11.5. The maximum atomic E-state index is 2.31. The molecule has 0 saturated heterocycles. The van der Waals surface area contributed by atoms with Gasteiger partial charge < -0.3 is 0 Å². The van der Waals surface area contributed by atoms with E-state index in [1.54, 1.807) is 19.3 Å². The van der Waals surface area contributed by atoms with Gasteiger partial charge in [0.15, 0.2) is 0 Å². The molecular weight excluding hydrogens is 240 g/mol. The molecule has 1 saturated carbocycles. The fraction of sp³-hybridized carbons (Fsp3) is 1.00. The molecule has 0 aliphatic heterocycles. The third-order valence-electron chi connectivity index (χ3n) is 5.32. The third kappa shape index (κ3) is 9.03. The normalized spacial score (nSPS) is 23.1. The summed E-state index contributed by atoms with van der Waals surface area (Å²) in [7, 11) is 0. The standard InChI is InChI=1S/C20H40/c1-3-5-7-9-11-14-19-16-13-17-20(18-19)15-12-10-8-6-4-2/h19-20H,3-18H2,1-2H3. The molecule has 120 valence electrons. The van der Waals surface area contributed by atoms with E-state index in [0.29, 0.717) is 0 Å². The molecule has 0 bridgehead atoms. The van der Waals surface area contributed by atoms with Crippen LogP contribution in [0.4, 0.5) is 0 Å². The third-order valence-corrected chi connectivity index (χ3v) is 5.32. The molecule has 0 heteroatoms. The molecule has 0 aromatic carbocycles. The zero-order chi connectivity index (χ0) is 14.5. The molecule has 1 aliphatic carbocycles. The summed E-state index contributed by atoms with van der Waals surface area (Å²) in [6.07, 6.45) is 23.9. The summed E-state index contributed by atoms with van der Waals surface area (Å²) < 4.78 is 0. The molecular formula is C20H40. The summed E-state index contributed by atoms with van der Waals surface area (Å²) in [5, 5.41) is 0. The molecule has 0 N–H and O–H groups in total. The van der Waals surface area contributed by atoms with Crippen molar-refractivity contribution in [1.82, 2.24) is 0 Å². The van der Waals surface area contributed by atoms with Crippen LogP contribution in [0, 0.1) is 11.8 Å². The van der Waals surface area contributed by atoms with Crippen LogP contribution in [0.2, 0.25) is 0 Å². The minimum atomic E-state index is 1.09. The van der Waals surface area contributed by atoms with Crippen LogP contribution < -0.4 is 0 Å². The Labute approximate surface area is 129 Å². The fourth-order valence-electron chi connectivity index (χ4n) is 4.00. The van der Waals surface area contributed by atoms with Gasteiger partial charge in [-0.15, -0.1) is 0 Å². The Bertz CT molecular complexity index is 176. The van der Waals surface area contributed by atoms with Crippen molar-refractivity contribution in [2.24, 2.45) is 11.8 Å². The van der Waals surface area contributed by atoms with E-state index in [1.165, 1.54) is 83.5 Å². The highest BCUT2D eigenvalue weighted by atomic mass is 14.3. The smallest absolute Gasteiger partial charge is 0.0412 e. The fourth-order valence-corrected chi connectivity index (χ4v) is 4.00. The van der Waals surface area contributed by atoms with Crippen LogP contribution in [-0.2, 0) is 0 Å². The molecule has 2 atom stereocenters. The largest absolute Gasteiger partial charge is 0.0654 e. The molecule has 0 spiro atoms. The average molecular weight is 281 g/mol. The van der Waals surface area contributed by atoms with Gasteiger partial charge in [0.2, 0.25) is 0 Å². The molecule has 1 aliphatic rings. The summed E-state index contributed by atoms with van der Waals surface area (Å²) in [5.74, 6) is 2.18. The first-order chi connectivity index (χ1) is 9.86. The van der Waals surface area contributed by atoms with Gasteiger partial charge in [0.05, 0.1) is 0 Å². The van der Waals surface area contributed by atoms with Gasteiger partial charge in [0.1, 0.15) is 0 Å². The van der Waals surface area contributed by atoms with Crippen molar-refractivity contribution < 1.29 is 0 Å². The average Bonchev–Trinajstić information content (AvgIpc) is 2.47. The van der Waals surface area contributed by atoms with Gasteiger partial charge in [0.25, 0.3) is 0 Å². The quantitative estimate of drug-likeness (QED) is 0.324. The topological polar surface area (TPSA) is 0 Å². The second-order valence-electron chi connectivity index (χ2n) is 7.30. The SMILES string of the molecule is CCCCCCCC1CCCC(CCCCCCC)C1. The molecule has 0 heterocycles. The van der Waals surface area contributed by atoms with Crippen molar-refractivity contribution in [3.63, 3.8) is 0 Å². The Balaban J connectivity index is 2.00. The van der Waals surface area contributed by atoms with E-state index in [1.807, 2.05) is 0 Å². The van der Waals surface area contributed by atoms with Crippen LogP contribution in [0.25, 0.3) is 0 Å². The first kappa shape index (κ1) is 18.1. The van der Waals surface area contributed by atoms with Gasteiger partial charge in [-0.05, 0) is 18.3 Å². The van der Waals surface area contributed by atoms with Gasteiger partial charge in [-0.2, -0.15) is 0 Å². The molecule has 0 amide bonds. The van der Waals surface area contributed by atoms with Crippen LogP contribution >= 0.6 is 0 Å². The molecule has 0 aromatic heterocycles. The molecule has 2 unspecified atom stereocenters. The lowest BCUT2D eigenvalue weighted by molar-refractivity contribution is 0.235. The van der Waals surface area contributed by atoms with Crippen LogP contribution in [0.1, 0.15) is 117 Å².